The smallest absolute Gasteiger partial charge is 0.315 e. The second-order valence-electron chi connectivity index (χ2n) is 12.9. The number of carbonyl (C=O) groups excluding carboxylic acids is 6. The number of carbonyl (C=O) groups is 6. The zero-order chi connectivity index (χ0) is 32.7. The third kappa shape index (κ3) is 14.2. The van der Waals surface area contributed by atoms with Crippen LogP contribution >= 0.6 is 0 Å². The molecule has 3 aliphatic rings. The van der Waals surface area contributed by atoms with E-state index in [1.165, 1.54) is 17.7 Å². The van der Waals surface area contributed by atoms with Crippen molar-refractivity contribution in [3.05, 3.63) is 0 Å². The Morgan fingerprint density at radius 2 is 1.40 bits per heavy atom. The van der Waals surface area contributed by atoms with Gasteiger partial charge in [0.2, 0.25) is 23.5 Å². The van der Waals surface area contributed by atoms with Crippen LogP contribution in [0.3, 0.4) is 0 Å². The molecule has 0 spiro atoms. The first-order chi connectivity index (χ1) is 20.2. The van der Waals surface area contributed by atoms with Gasteiger partial charge in [0.05, 0.1) is 12.6 Å². The van der Waals surface area contributed by atoms with Crippen molar-refractivity contribution in [1.29, 1.82) is 0 Å². The molecule has 43 heavy (non-hydrogen) atoms. The Balaban J connectivity index is 0.00000142. The van der Waals surface area contributed by atoms with Crippen molar-refractivity contribution in [2.45, 2.75) is 124 Å². The molecule has 6 N–H and O–H groups in total. The number of Topliss-reactive ketones (excluding diaryl/α,β-unsaturated/α-hetero) is 1. The van der Waals surface area contributed by atoms with E-state index in [0.29, 0.717) is 38.3 Å². The summed E-state index contributed by atoms with van der Waals surface area (Å²) in [4.78, 5) is 76.3. The molecule has 0 bridgehead atoms. The SMILES string of the molecule is CC(C)(C)C(NC(=O)NCC(=O)NCC1CC1)C(=O)N1CCC[C@H]1C(=O)NC(CC1CC1)C(=O)C(N)=O.CCC.CCC. The number of hydrogen-bond donors (Lipinski definition) is 5. The standard InChI is InChI=1S/C25H40N6O6.2C3H8/c1-25(2,3)20(30-24(37)28-13-18(32)27-12-15-8-9-15)23(36)31-10-4-5-17(31)22(35)29-16(11-14-6-7-14)19(33)21(26)34;2*1-3-2/h14-17,20H,4-13H2,1-3H3,(H2,26,34)(H,27,32)(H,29,35)(H2,28,30,37);2*3H2,1-2H3/t16?,17-,20?;;/m0../s1. The maximum Gasteiger partial charge on any atom is 0.315 e. The van der Waals surface area contributed by atoms with E-state index in [4.69, 9.17) is 5.73 Å². The van der Waals surface area contributed by atoms with Gasteiger partial charge >= 0.3 is 6.03 Å². The fraction of sp³-hybridized carbons (Fsp3) is 0.806. The summed E-state index contributed by atoms with van der Waals surface area (Å²) in [6.07, 6.45) is 7.86. The third-order valence-electron chi connectivity index (χ3n) is 7.06. The fourth-order valence-electron chi connectivity index (χ4n) is 4.46. The van der Waals surface area contributed by atoms with Gasteiger partial charge in [-0.3, -0.25) is 24.0 Å². The van der Waals surface area contributed by atoms with Gasteiger partial charge in [0.25, 0.3) is 5.91 Å². The summed E-state index contributed by atoms with van der Waals surface area (Å²) in [5.74, 6) is -2.42. The average Bonchev–Trinajstić information content (AvgIpc) is 3.87. The zero-order valence-electron chi connectivity index (χ0n) is 27.3. The predicted octanol–water partition coefficient (Wildman–Crippen LogP) is 2.39. The van der Waals surface area contributed by atoms with Crippen LogP contribution in [0, 0.1) is 17.3 Å². The van der Waals surface area contributed by atoms with Gasteiger partial charge in [0.15, 0.2) is 0 Å². The number of hydrogen-bond acceptors (Lipinski definition) is 6. The van der Waals surface area contributed by atoms with Crippen molar-refractivity contribution in [2.75, 3.05) is 19.6 Å². The molecular weight excluding hydrogens is 552 g/mol. The molecular formula is C31H56N6O6. The first kappa shape index (κ1) is 37.8. The Bertz CT molecular complexity index is 955. The third-order valence-corrected chi connectivity index (χ3v) is 7.06. The highest BCUT2D eigenvalue weighted by Crippen LogP contribution is 2.34. The minimum Gasteiger partial charge on any atom is -0.363 e. The molecule has 12 nitrogen and oxygen atoms in total. The lowest BCUT2D eigenvalue weighted by molar-refractivity contribution is -0.143. The second kappa shape index (κ2) is 18.5. The van der Waals surface area contributed by atoms with Crippen molar-refractivity contribution in [3.8, 4) is 0 Å². The zero-order valence-corrected chi connectivity index (χ0v) is 27.3. The Hall–Kier alpha value is -3.18. The summed E-state index contributed by atoms with van der Waals surface area (Å²) in [6.45, 7) is 14.6. The van der Waals surface area contributed by atoms with Crippen LogP contribution in [0.4, 0.5) is 4.79 Å². The first-order valence-electron chi connectivity index (χ1n) is 15.9. The number of likely N-dealkylation sites (tertiary alicyclic amines) is 1. The Kier molecular flexibility index (Phi) is 16.3. The maximum atomic E-state index is 13.6. The first-order valence-corrected chi connectivity index (χ1v) is 15.9. The summed E-state index contributed by atoms with van der Waals surface area (Å²) in [5.41, 5.74) is 4.48. The molecule has 0 radical (unpaired) electrons. The number of urea groups is 1. The van der Waals surface area contributed by atoms with Crippen molar-refractivity contribution in [1.82, 2.24) is 26.2 Å². The van der Waals surface area contributed by atoms with E-state index in [-0.39, 0.29) is 18.4 Å². The lowest BCUT2D eigenvalue weighted by Crippen LogP contribution is -2.60. The van der Waals surface area contributed by atoms with Gasteiger partial charge < -0.3 is 31.9 Å². The van der Waals surface area contributed by atoms with Gasteiger partial charge in [-0.15, -0.1) is 0 Å². The lowest BCUT2D eigenvalue weighted by atomic mass is 9.85. The van der Waals surface area contributed by atoms with Crippen LogP contribution in [0.15, 0.2) is 0 Å². The highest BCUT2D eigenvalue weighted by Gasteiger charge is 2.43. The van der Waals surface area contributed by atoms with Gasteiger partial charge in [-0.25, -0.2) is 4.79 Å². The molecule has 1 heterocycles. The molecule has 246 valence electrons. The van der Waals surface area contributed by atoms with E-state index < -0.39 is 53.1 Å². The minimum absolute atomic E-state index is 0.214. The van der Waals surface area contributed by atoms with Gasteiger partial charge in [-0.1, -0.05) is 74.1 Å². The van der Waals surface area contributed by atoms with Crippen molar-refractivity contribution >= 4 is 35.4 Å². The number of primary amides is 1. The number of nitrogens with zero attached hydrogens (tertiary/aromatic N) is 1. The second-order valence-corrected chi connectivity index (χ2v) is 12.9. The van der Waals surface area contributed by atoms with E-state index in [1.54, 1.807) is 20.8 Å². The summed E-state index contributed by atoms with van der Waals surface area (Å²) in [7, 11) is 0. The number of amides is 6. The fourth-order valence-corrected chi connectivity index (χ4v) is 4.46. The number of nitrogens with one attached hydrogen (secondary N) is 4. The summed E-state index contributed by atoms with van der Waals surface area (Å²) < 4.78 is 0. The number of ketones is 1. The van der Waals surface area contributed by atoms with Crippen LogP contribution in [-0.2, 0) is 24.0 Å². The van der Waals surface area contributed by atoms with Crippen LogP contribution in [0.25, 0.3) is 0 Å². The predicted molar refractivity (Wildman–Crippen MR) is 166 cm³/mol. The number of nitrogens with two attached hydrogens (primary N) is 1. The Morgan fingerprint density at radius 3 is 1.88 bits per heavy atom. The van der Waals surface area contributed by atoms with E-state index in [9.17, 15) is 28.8 Å². The van der Waals surface area contributed by atoms with E-state index in [0.717, 1.165) is 25.7 Å². The van der Waals surface area contributed by atoms with Crippen LogP contribution < -0.4 is 27.0 Å². The van der Waals surface area contributed by atoms with E-state index in [2.05, 4.69) is 49.0 Å². The molecule has 2 aliphatic carbocycles. The molecule has 0 aromatic rings. The summed E-state index contributed by atoms with van der Waals surface area (Å²) in [5, 5.41) is 10.6. The molecule has 0 aromatic carbocycles. The lowest BCUT2D eigenvalue weighted by Gasteiger charge is -2.35. The molecule has 1 aliphatic heterocycles. The van der Waals surface area contributed by atoms with Crippen LogP contribution in [0.1, 0.15) is 106 Å². The Morgan fingerprint density at radius 1 is 0.837 bits per heavy atom. The molecule has 2 saturated carbocycles. The molecule has 3 atom stereocenters. The molecule has 3 rings (SSSR count). The maximum absolute atomic E-state index is 13.6. The molecule has 6 amide bonds. The Labute approximate surface area is 257 Å². The summed E-state index contributed by atoms with van der Waals surface area (Å²) in [6, 6.07) is -3.47. The van der Waals surface area contributed by atoms with E-state index >= 15 is 0 Å². The van der Waals surface area contributed by atoms with Crippen molar-refractivity contribution in [2.24, 2.45) is 23.0 Å². The van der Waals surface area contributed by atoms with Crippen LogP contribution in [0.2, 0.25) is 0 Å². The van der Waals surface area contributed by atoms with Crippen molar-refractivity contribution in [3.63, 3.8) is 0 Å². The highest BCUT2D eigenvalue weighted by molar-refractivity contribution is 6.37. The molecule has 3 fully saturated rings. The van der Waals surface area contributed by atoms with Crippen LogP contribution in [-0.4, -0.2) is 78.1 Å². The van der Waals surface area contributed by atoms with Crippen molar-refractivity contribution < 1.29 is 28.8 Å². The highest BCUT2D eigenvalue weighted by atomic mass is 16.2. The molecule has 1 saturated heterocycles. The topological polar surface area (TPSA) is 180 Å². The van der Waals surface area contributed by atoms with E-state index in [1.807, 2.05) is 0 Å². The molecule has 12 heteroatoms. The monoisotopic (exact) mass is 608 g/mol. The number of rotatable bonds is 12. The molecule has 2 unspecified atom stereocenters. The van der Waals surface area contributed by atoms with Gasteiger partial charge in [0, 0.05) is 13.1 Å². The van der Waals surface area contributed by atoms with Gasteiger partial charge in [-0.05, 0) is 49.4 Å². The van der Waals surface area contributed by atoms with Gasteiger partial charge in [0.1, 0.15) is 12.1 Å². The largest absolute Gasteiger partial charge is 0.363 e. The molecule has 0 aromatic heterocycles. The quantitative estimate of drug-likeness (QED) is 0.212. The van der Waals surface area contributed by atoms with Crippen LogP contribution in [0.5, 0.6) is 0 Å². The average molecular weight is 609 g/mol. The normalized spacial score (nSPS) is 18.9. The minimum atomic E-state index is -1.10. The summed E-state index contributed by atoms with van der Waals surface area (Å²) >= 11 is 0. The van der Waals surface area contributed by atoms with Gasteiger partial charge in [-0.2, -0.15) is 0 Å².